The molecule has 0 fully saturated rings. The summed E-state index contributed by atoms with van der Waals surface area (Å²) >= 11 is 0. The molecule has 1 aliphatic heterocycles. The predicted molar refractivity (Wildman–Crippen MR) is 55.3 cm³/mol. The van der Waals surface area contributed by atoms with Crippen LogP contribution < -0.4 is 0 Å². The first-order chi connectivity index (χ1) is 6.38. The number of hydrogen-bond acceptors (Lipinski definition) is 2. The predicted octanol–water partition coefficient (Wildman–Crippen LogP) is 3.03. The summed E-state index contributed by atoms with van der Waals surface area (Å²) in [5, 5.41) is 0. The summed E-state index contributed by atoms with van der Waals surface area (Å²) in [5.41, 5.74) is 0. The molecular weight excluding hydrogens is 164 g/mol. The van der Waals surface area contributed by atoms with Gasteiger partial charge in [-0.05, 0) is 12.2 Å². The third-order valence-corrected chi connectivity index (χ3v) is 1.42. The molecule has 0 spiro atoms. The molecule has 0 bridgehead atoms. The molecule has 0 radical (unpaired) electrons. The molecule has 1 rings (SSSR count). The third kappa shape index (κ3) is 3.83. The SMILES string of the molecule is C=CC1=C(C=C)OCCCO1.CC. The second-order valence-electron chi connectivity index (χ2n) is 2.19. The largest absolute Gasteiger partial charge is 0.490 e. The molecule has 0 aromatic carbocycles. The summed E-state index contributed by atoms with van der Waals surface area (Å²) in [6.45, 7) is 12.6. The van der Waals surface area contributed by atoms with Crippen molar-refractivity contribution < 1.29 is 9.47 Å². The Hall–Kier alpha value is -1.18. The van der Waals surface area contributed by atoms with Crippen LogP contribution in [0.3, 0.4) is 0 Å². The van der Waals surface area contributed by atoms with Gasteiger partial charge in [-0.1, -0.05) is 27.0 Å². The Morgan fingerprint density at radius 2 is 1.38 bits per heavy atom. The van der Waals surface area contributed by atoms with Crippen molar-refractivity contribution in [1.82, 2.24) is 0 Å². The van der Waals surface area contributed by atoms with E-state index < -0.39 is 0 Å². The fraction of sp³-hybridized carbons (Fsp3) is 0.455. The van der Waals surface area contributed by atoms with Crippen LogP contribution in [0.15, 0.2) is 36.8 Å². The Morgan fingerprint density at radius 1 is 1.00 bits per heavy atom. The van der Waals surface area contributed by atoms with Crippen molar-refractivity contribution in [3.63, 3.8) is 0 Å². The van der Waals surface area contributed by atoms with Crippen molar-refractivity contribution in [2.75, 3.05) is 13.2 Å². The Labute approximate surface area is 80.5 Å². The number of ether oxygens (including phenoxy) is 2. The summed E-state index contributed by atoms with van der Waals surface area (Å²) in [6.07, 6.45) is 4.19. The third-order valence-electron chi connectivity index (χ3n) is 1.42. The normalized spacial score (nSPS) is 15.5. The molecule has 0 aromatic rings. The summed E-state index contributed by atoms with van der Waals surface area (Å²) in [6, 6.07) is 0. The molecule has 0 atom stereocenters. The zero-order valence-corrected chi connectivity index (χ0v) is 8.51. The van der Waals surface area contributed by atoms with E-state index >= 15 is 0 Å². The van der Waals surface area contributed by atoms with Crippen molar-refractivity contribution in [3.8, 4) is 0 Å². The molecule has 2 nitrogen and oxygen atoms in total. The molecule has 0 aromatic heterocycles. The summed E-state index contributed by atoms with van der Waals surface area (Å²) in [5.74, 6) is 1.38. The Bertz CT molecular complexity index is 172. The van der Waals surface area contributed by atoms with E-state index in [1.165, 1.54) is 0 Å². The standard InChI is InChI=1S/C9H12O2.C2H6/c1-3-8-9(4-2)11-7-5-6-10-8;1-2/h3-4H,1-2,5-7H2;1-2H3. The van der Waals surface area contributed by atoms with Gasteiger partial charge in [-0.3, -0.25) is 0 Å². The minimum atomic E-state index is 0.692. The van der Waals surface area contributed by atoms with Crippen LogP contribution >= 0.6 is 0 Å². The fourth-order valence-electron chi connectivity index (χ4n) is 0.884. The van der Waals surface area contributed by atoms with Gasteiger partial charge in [0.15, 0.2) is 11.5 Å². The number of hydrogen-bond donors (Lipinski definition) is 0. The van der Waals surface area contributed by atoms with Gasteiger partial charge in [-0.2, -0.15) is 0 Å². The van der Waals surface area contributed by atoms with Crippen LogP contribution in [-0.2, 0) is 9.47 Å². The van der Waals surface area contributed by atoms with E-state index in [1.54, 1.807) is 12.2 Å². The second-order valence-corrected chi connectivity index (χ2v) is 2.19. The quantitative estimate of drug-likeness (QED) is 0.653. The zero-order chi connectivity index (χ0) is 10.1. The molecule has 0 saturated heterocycles. The van der Waals surface area contributed by atoms with Gasteiger partial charge in [-0.15, -0.1) is 0 Å². The van der Waals surface area contributed by atoms with Crippen molar-refractivity contribution in [2.45, 2.75) is 20.3 Å². The first kappa shape index (κ1) is 11.8. The van der Waals surface area contributed by atoms with Crippen LogP contribution in [0, 0.1) is 0 Å². The highest BCUT2D eigenvalue weighted by Crippen LogP contribution is 2.14. The second kappa shape index (κ2) is 7.47. The van der Waals surface area contributed by atoms with E-state index in [9.17, 15) is 0 Å². The van der Waals surface area contributed by atoms with Crippen LogP contribution in [0.5, 0.6) is 0 Å². The van der Waals surface area contributed by atoms with E-state index in [0.29, 0.717) is 24.7 Å². The molecule has 0 unspecified atom stereocenters. The van der Waals surface area contributed by atoms with Crippen LogP contribution in [0.25, 0.3) is 0 Å². The molecule has 13 heavy (non-hydrogen) atoms. The molecule has 1 heterocycles. The molecule has 74 valence electrons. The lowest BCUT2D eigenvalue weighted by Gasteiger charge is -2.04. The Morgan fingerprint density at radius 3 is 1.69 bits per heavy atom. The highest BCUT2D eigenvalue weighted by Gasteiger charge is 2.06. The summed E-state index contributed by atoms with van der Waals surface area (Å²) < 4.78 is 10.6. The van der Waals surface area contributed by atoms with Gasteiger partial charge in [0.1, 0.15) is 0 Å². The van der Waals surface area contributed by atoms with Crippen molar-refractivity contribution in [1.29, 1.82) is 0 Å². The highest BCUT2D eigenvalue weighted by molar-refractivity contribution is 5.22. The van der Waals surface area contributed by atoms with Crippen LogP contribution in [-0.4, -0.2) is 13.2 Å². The molecule has 0 N–H and O–H groups in total. The van der Waals surface area contributed by atoms with Crippen molar-refractivity contribution in [3.05, 3.63) is 36.8 Å². The topological polar surface area (TPSA) is 18.5 Å². The molecule has 0 aliphatic carbocycles. The van der Waals surface area contributed by atoms with Crippen LogP contribution in [0.4, 0.5) is 0 Å². The van der Waals surface area contributed by atoms with E-state index in [-0.39, 0.29) is 0 Å². The first-order valence-electron chi connectivity index (χ1n) is 4.63. The smallest absolute Gasteiger partial charge is 0.160 e. The highest BCUT2D eigenvalue weighted by atomic mass is 16.5. The molecule has 0 saturated carbocycles. The van der Waals surface area contributed by atoms with Gasteiger partial charge < -0.3 is 9.47 Å². The molecule has 1 aliphatic rings. The van der Waals surface area contributed by atoms with Gasteiger partial charge in [0.05, 0.1) is 13.2 Å². The van der Waals surface area contributed by atoms with Gasteiger partial charge in [0.2, 0.25) is 0 Å². The summed E-state index contributed by atoms with van der Waals surface area (Å²) in [4.78, 5) is 0. The van der Waals surface area contributed by atoms with Crippen molar-refractivity contribution in [2.24, 2.45) is 0 Å². The Balaban J connectivity index is 0.000000671. The maximum Gasteiger partial charge on any atom is 0.160 e. The lowest BCUT2D eigenvalue weighted by Crippen LogP contribution is -1.90. The van der Waals surface area contributed by atoms with Gasteiger partial charge in [0, 0.05) is 6.42 Å². The monoisotopic (exact) mass is 182 g/mol. The van der Waals surface area contributed by atoms with Gasteiger partial charge >= 0.3 is 0 Å². The maximum absolute atomic E-state index is 5.32. The lowest BCUT2D eigenvalue weighted by molar-refractivity contribution is 0.214. The van der Waals surface area contributed by atoms with E-state index in [1.807, 2.05) is 13.8 Å². The number of allylic oxidation sites excluding steroid dienone is 2. The molecular formula is C11H18O2. The molecule has 0 amide bonds. The van der Waals surface area contributed by atoms with E-state index in [0.717, 1.165) is 6.42 Å². The van der Waals surface area contributed by atoms with Gasteiger partial charge in [0.25, 0.3) is 0 Å². The fourth-order valence-corrected chi connectivity index (χ4v) is 0.884. The van der Waals surface area contributed by atoms with E-state index in [2.05, 4.69) is 13.2 Å². The molecule has 2 heteroatoms. The van der Waals surface area contributed by atoms with Crippen molar-refractivity contribution >= 4 is 0 Å². The Kier molecular flexibility index (Phi) is 6.79. The number of rotatable bonds is 2. The minimum absolute atomic E-state index is 0.692. The lowest BCUT2D eigenvalue weighted by atomic mass is 10.4. The van der Waals surface area contributed by atoms with E-state index in [4.69, 9.17) is 9.47 Å². The van der Waals surface area contributed by atoms with Crippen LogP contribution in [0.1, 0.15) is 20.3 Å². The minimum Gasteiger partial charge on any atom is -0.490 e. The maximum atomic E-state index is 5.32. The van der Waals surface area contributed by atoms with Gasteiger partial charge in [-0.25, -0.2) is 0 Å². The first-order valence-corrected chi connectivity index (χ1v) is 4.63. The summed E-state index contributed by atoms with van der Waals surface area (Å²) in [7, 11) is 0. The van der Waals surface area contributed by atoms with Crippen LogP contribution in [0.2, 0.25) is 0 Å². The average molecular weight is 182 g/mol. The average Bonchev–Trinajstić information content (AvgIpc) is 2.44. The zero-order valence-electron chi connectivity index (χ0n) is 8.51.